The van der Waals surface area contributed by atoms with Crippen molar-refractivity contribution in [3.8, 4) is 11.5 Å². The number of tetrazole rings is 1. The first-order chi connectivity index (χ1) is 11.3. The number of hydrogen-bond donors (Lipinski definition) is 1. The predicted molar refractivity (Wildman–Crippen MR) is 88.8 cm³/mol. The van der Waals surface area contributed by atoms with Crippen LogP contribution in [0.25, 0.3) is 0 Å². The Bertz CT molecular complexity index is 600. The fourth-order valence-electron chi connectivity index (χ4n) is 2.14. The standard InChI is InChI=1S/C16H25N5O2/c1-4-9-21-16(18-19-20-21)17-12-13-7-8-14(23-10-5-2)15(11-13)22-6-3/h7-8,11H,4-6,9-10,12H2,1-3H3,(H,17,18,20). The highest BCUT2D eigenvalue weighted by atomic mass is 16.5. The van der Waals surface area contributed by atoms with Crippen LogP contribution in [0.5, 0.6) is 11.5 Å². The second-order valence-corrected chi connectivity index (χ2v) is 5.14. The molecule has 126 valence electrons. The van der Waals surface area contributed by atoms with Crippen molar-refractivity contribution in [1.29, 1.82) is 0 Å². The lowest BCUT2D eigenvalue weighted by Crippen LogP contribution is -2.09. The van der Waals surface area contributed by atoms with Crippen molar-refractivity contribution in [3.05, 3.63) is 23.8 Å². The molecule has 1 heterocycles. The Balaban J connectivity index is 2.04. The molecule has 0 aliphatic heterocycles. The number of ether oxygens (including phenoxy) is 2. The second kappa shape index (κ2) is 8.97. The summed E-state index contributed by atoms with van der Waals surface area (Å²) in [5.74, 6) is 2.23. The van der Waals surface area contributed by atoms with Gasteiger partial charge in [-0.2, -0.15) is 0 Å². The molecule has 0 aliphatic rings. The van der Waals surface area contributed by atoms with Gasteiger partial charge in [-0.1, -0.05) is 25.0 Å². The molecule has 0 unspecified atom stereocenters. The molecule has 0 radical (unpaired) electrons. The molecule has 7 nitrogen and oxygen atoms in total. The molecular formula is C16H25N5O2. The zero-order valence-electron chi connectivity index (χ0n) is 14.1. The topological polar surface area (TPSA) is 74.1 Å². The summed E-state index contributed by atoms with van der Waals surface area (Å²) in [6.45, 7) is 8.85. The van der Waals surface area contributed by atoms with Crippen molar-refractivity contribution >= 4 is 5.95 Å². The van der Waals surface area contributed by atoms with Crippen LogP contribution in [0.1, 0.15) is 39.2 Å². The zero-order chi connectivity index (χ0) is 16.5. The Morgan fingerprint density at radius 3 is 2.70 bits per heavy atom. The molecule has 7 heteroatoms. The molecule has 23 heavy (non-hydrogen) atoms. The molecule has 0 saturated heterocycles. The summed E-state index contributed by atoms with van der Waals surface area (Å²) in [6.07, 6.45) is 1.95. The van der Waals surface area contributed by atoms with Crippen LogP contribution < -0.4 is 14.8 Å². The van der Waals surface area contributed by atoms with E-state index in [9.17, 15) is 0 Å². The molecule has 1 aromatic carbocycles. The van der Waals surface area contributed by atoms with Crippen LogP contribution in [0.4, 0.5) is 5.95 Å². The first-order valence-electron chi connectivity index (χ1n) is 8.17. The molecule has 1 aromatic heterocycles. The van der Waals surface area contributed by atoms with Gasteiger partial charge in [0.05, 0.1) is 13.2 Å². The van der Waals surface area contributed by atoms with E-state index in [-0.39, 0.29) is 0 Å². The monoisotopic (exact) mass is 319 g/mol. The van der Waals surface area contributed by atoms with Crippen LogP contribution in [-0.2, 0) is 13.1 Å². The van der Waals surface area contributed by atoms with Crippen molar-refractivity contribution in [2.75, 3.05) is 18.5 Å². The average molecular weight is 319 g/mol. The largest absolute Gasteiger partial charge is 0.490 e. The molecule has 0 saturated carbocycles. The second-order valence-electron chi connectivity index (χ2n) is 5.14. The van der Waals surface area contributed by atoms with Crippen LogP contribution in [-0.4, -0.2) is 33.4 Å². The highest BCUT2D eigenvalue weighted by Gasteiger charge is 2.08. The van der Waals surface area contributed by atoms with Gasteiger partial charge < -0.3 is 14.8 Å². The number of nitrogens with zero attached hydrogens (tertiary/aromatic N) is 4. The van der Waals surface area contributed by atoms with Crippen molar-refractivity contribution in [2.45, 2.75) is 46.7 Å². The Kier molecular flexibility index (Phi) is 6.65. The highest BCUT2D eigenvalue weighted by molar-refractivity contribution is 5.44. The normalized spacial score (nSPS) is 10.6. The van der Waals surface area contributed by atoms with Gasteiger partial charge in [-0.3, -0.25) is 0 Å². The quantitative estimate of drug-likeness (QED) is 0.726. The van der Waals surface area contributed by atoms with Crippen molar-refractivity contribution in [2.24, 2.45) is 0 Å². The molecule has 1 N–H and O–H groups in total. The highest BCUT2D eigenvalue weighted by Crippen LogP contribution is 2.29. The van der Waals surface area contributed by atoms with Gasteiger partial charge in [-0.05, 0) is 47.9 Å². The molecular weight excluding hydrogens is 294 g/mol. The smallest absolute Gasteiger partial charge is 0.243 e. The first kappa shape index (κ1) is 17.1. The van der Waals surface area contributed by atoms with E-state index in [1.54, 1.807) is 4.68 Å². The van der Waals surface area contributed by atoms with Gasteiger partial charge in [0.2, 0.25) is 5.95 Å². The van der Waals surface area contributed by atoms with E-state index >= 15 is 0 Å². The molecule has 0 fully saturated rings. The van der Waals surface area contributed by atoms with Crippen molar-refractivity contribution in [3.63, 3.8) is 0 Å². The maximum atomic E-state index is 5.71. The van der Waals surface area contributed by atoms with Crippen molar-refractivity contribution in [1.82, 2.24) is 20.2 Å². The Morgan fingerprint density at radius 2 is 1.96 bits per heavy atom. The maximum absolute atomic E-state index is 5.71. The number of nitrogens with one attached hydrogen (secondary N) is 1. The summed E-state index contributed by atoms with van der Waals surface area (Å²) in [5.41, 5.74) is 1.09. The fraction of sp³-hybridized carbons (Fsp3) is 0.562. The van der Waals surface area contributed by atoms with Gasteiger partial charge in [-0.25, -0.2) is 4.68 Å². The molecule has 0 aliphatic carbocycles. The molecule has 0 spiro atoms. The van der Waals surface area contributed by atoms with E-state index in [0.29, 0.717) is 25.7 Å². The van der Waals surface area contributed by atoms with Gasteiger partial charge in [0.25, 0.3) is 0 Å². The van der Waals surface area contributed by atoms with E-state index < -0.39 is 0 Å². The van der Waals surface area contributed by atoms with Crippen molar-refractivity contribution < 1.29 is 9.47 Å². The number of anilines is 1. The summed E-state index contributed by atoms with van der Waals surface area (Å²) in [5, 5.41) is 14.9. The first-order valence-corrected chi connectivity index (χ1v) is 8.17. The SMILES string of the molecule is CCCOc1ccc(CNc2nnnn2CCC)cc1OCC. The number of aryl methyl sites for hydroxylation is 1. The van der Waals surface area contributed by atoms with E-state index in [2.05, 4.69) is 34.7 Å². The van der Waals surface area contributed by atoms with Crippen LogP contribution in [0.2, 0.25) is 0 Å². The number of benzene rings is 1. The summed E-state index contributed by atoms with van der Waals surface area (Å²) in [4.78, 5) is 0. The van der Waals surface area contributed by atoms with E-state index in [0.717, 1.165) is 36.4 Å². The van der Waals surface area contributed by atoms with Gasteiger partial charge in [0, 0.05) is 13.1 Å². The fourth-order valence-corrected chi connectivity index (χ4v) is 2.14. The summed E-state index contributed by atoms with van der Waals surface area (Å²) in [6, 6.07) is 5.97. The molecule has 0 bridgehead atoms. The minimum absolute atomic E-state index is 0.605. The van der Waals surface area contributed by atoms with E-state index in [4.69, 9.17) is 9.47 Å². The van der Waals surface area contributed by atoms with Gasteiger partial charge in [-0.15, -0.1) is 0 Å². The van der Waals surface area contributed by atoms with E-state index in [1.807, 2.05) is 25.1 Å². The number of hydrogen-bond acceptors (Lipinski definition) is 6. The van der Waals surface area contributed by atoms with Gasteiger partial charge in [0.1, 0.15) is 0 Å². The summed E-state index contributed by atoms with van der Waals surface area (Å²) < 4.78 is 13.2. The number of aromatic nitrogens is 4. The van der Waals surface area contributed by atoms with Crippen LogP contribution in [0.3, 0.4) is 0 Å². The lowest BCUT2D eigenvalue weighted by atomic mass is 10.2. The lowest BCUT2D eigenvalue weighted by molar-refractivity contribution is 0.276. The third-order valence-electron chi connectivity index (χ3n) is 3.19. The van der Waals surface area contributed by atoms with Crippen LogP contribution in [0.15, 0.2) is 18.2 Å². The molecule has 0 amide bonds. The maximum Gasteiger partial charge on any atom is 0.243 e. The Morgan fingerprint density at radius 1 is 1.09 bits per heavy atom. The summed E-state index contributed by atoms with van der Waals surface area (Å²) in [7, 11) is 0. The number of rotatable bonds is 10. The Labute approximate surface area is 137 Å². The molecule has 0 atom stereocenters. The van der Waals surface area contributed by atoms with Crippen LogP contribution >= 0.6 is 0 Å². The van der Waals surface area contributed by atoms with Gasteiger partial charge in [0.15, 0.2) is 11.5 Å². The minimum Gasteiger partial charge on any atom is -0.490 e. The lowest BCUT2D eigenvalue weighted by Gasteiger charge is -2.13. The third-order valence-corrected chi connectivity index (χ3v) is 3.19. The van der Waals surface area contributed by atoms with Crippen LogP contribution in [0, 0.1) is 0 Å². The average Bonchev–Trinajstić information content (AvgIpc) is 3.00. The third kappa shape index (κ3) is 4.84. The predicted octanol–water partition coefficient (Wildman–Crippen LogP) is 2.88. The minimum atomic E-state index is 0.605. The molecule has 2 rings (SSSR count). The van der Waals surface area contributed by atoms with Gasteiger partial charge >= 0.3 is 0 Å². The Hall–Kier alpha value is -2.31. The zero-order valence-corrected chi connectivity index (χ0v) is 14.1. The van der Waals surface area contributed by atoms with E-state index in [1.165, 1.54) is 0 Å². The molecule has 2 aromatic rings. The summed E-state index contributed by atoms with van der Waals surface area (Å²) >= 11 is 0.